The smallest absolute Gasteiger partial charge is 0.338 e. The van der Waals surface area contributed by atoms with Crippen LogP contribution in [0.2, 0.25) is 0 Å². The van der Waals surface area contributed by atoms with Gasteiger partial charge in [-0.15, -0.1) is 0 Å². The lowest BCUT2D eigenvalue weighted by atomic mass is 10.1. The zero-order chi connectivity index (χ0) is 14.5. The quantitative estimate of drug-likeness (QED) is 0.633. The van der Waals surface area contributed by atoms with Crippen LogP contribution < -0.4 is 10.6 Å². The van der Waals surface area contributed by atoms with Gasteiger partial charge in [0.2, 0.25) is 0 Å². The van der Waals surface area contributed by atoms with Crippen LogP contribution in [0.25, 0.3) is 0 Å². The number of hydrogen-bond donors (Lipinski definition) is 2. The number of nitrogen functional groups attached to an aromatic ring is 1. The first kappa shape index (κ1) is 14.7. The van der Waals surface area contributed by atoms with Crippen molar-refractivity contribution in [2.45, 2.75) is 19.8 Å². The Bertz CT molecular complexity index is 476. The Morgan fingerprint density at radius 1 is 1.55 bits per heavy atom. The maximum atomic E-state index is 11.8. The van der Waals surface area contributed by atoms with E-state index in [1.807, 2.05) is 0 Å². The van der Waals surface area contributed by atoms with Crippen molar-refractivity contribution in [3.8, 4) is 0 Å². The van der Waals surface area contributed by atoms with Crippen LogP contribution in [-0.4, -0.2) is 37.4 Å². The highest BCUT2D eigenvalue weighted by Crippen LogP contribution is 2.31. The summed E-state index contributed by atoms with van der Waals surface area (Å²) in [5.41, 5.74) is 8.10. The summed E-state index contributed by atoms with van der Waals surface area (Å²) in [6.45, 7) is 4.14. The van der Waals surface area contributed by atoms with E-state index in [1.165, 1.54) is 0 Å². The maximum absolute atomic E-state index is 11.8. The van der Waals surface area contributed by atoms with Gasteiger partial charge in [-0.05, 0) is 43.9 Å². The zero-order valence-electron chi connectivity index (χ0n) is 11.8. The lowest BCUT2D eigenvalue weighted by Gasteiger charge is -2.21. The van der Waals surface area contributed by atoms with E-state index in [0.717, 1.165) is 31.6 Å². The average Bonchev–Trinajstić information content (AvgIpc) is 2.88. The molecule has 1 aliphatic rings. The Balaban J connectivity index is 2.15. The first-order chi connectivity index (χ1) is 9.65. The fraction of sp³-hybridized carbons (Fsp3) is 0.533. The molecular formula is C15H22N2O3. The predicted octanol–water partition coefficient (Wildman–Crippen LogP) is 1.65. The lowest BCUT2D eigenvalue weighted by Crippen LogP contribution is -2.21. The molecule has 0 saturated carbocycles. The number of carbonyl (C=O) groups is 1. The molecule has 1 unspecified atom stereocenters. The number of aliphatic hydroxyl groups excluding tert-OH is 1. The van der Waals surface area contributed by atoms with Gasteiger partial charge in [0, 0.05) is 19.7 Å². The largest absolute Gasteiger partial charge is 0.462 e. The minimum Gasteiger partial charge on any atom is -0.462 e. The van der Waals surface area contributed by atoms with Gasteiger partial charge in [-0.2, -0.15) is 0 Å². The van der Waals surface area contributed by atoms with Gasteiger partial charge in [0.05, 0.1) is 23.5 Å². The number of rotatable bonds is 5. The van der Waals surface area contributed by atoms with Crippen molar-refractivity contribution in [1.82, 2.24) is 0 Å². The fourth-order valence-corrected chi connectivity index (χ4v) is 2.63. The monoisotopic (exact) mass is 278 g/mol. The number of esters is 1. The van der Waals surface area contributed by atoms with Gasteiger partial charge < -0.3 is 20.5 Å². The predicted molar refractivity (Wildman–Crippen MR) is 78.8 cm³/mol. The number of benzene rings is 1. The van der Waals surface area contributed by atoms with Crippen molar-refractivity contribution < 1.29 is 14.6 Å². The Kier molecular flexibility index (Phi) is 4.84. The molecule has 1 heterocycles. The molecule has 5 heteroatoms. The second kappa shape index (κ2) is 6.61. The summed E-state index contributed by atoms with van der Waals surface area (Å²) in [7, 11) is 0. The highest BCUT2D eigenvalue weighted by molar-refractivity contribution is 5.92. The third kappa shape index (κ3) is 3.22. The van der Waals surface area contributed by atoms with E-state index < -0.39 is 0 Å². The van der Waals surface area contributed by atoms with Crippen LogP contribution in [0.1, 0.15) is 30.1 Å². The Hall–Kier alpha value is -1.75. The van der Waals surface area contributed by atoms with E-state index in [2.05, 4.69) is 4.90 Å². The van der Waals surface area contributed by atoms with Crippen LogP contribution in [0.4, 0.5) is 11.4 Å². The molecule has 0 spiro atoms. The number of anilines is 2. The fourth-order valence-electron chi connectivity index (χ4n) is 2.63. The van der Waals surface area contributed by atoms with Gasteiger partial charge in [-0.1, -0.05) is 0 Å². The lowest BCUT2D eigenvalue weighted by molar-refractivity contribution is 0.0526. The molecule has 1 saturated heterocycles. The van der Waals surface area contributed by atoms with Crippen LogP contribution in [0.5, 0.6) is 0 Å². The standard InChI is InChI=1S/C15H22N2O3/c1-2-20-15(19)12-3-4-13(16)14(9-12)17-7-5-11(10-17)6-8-18/h3-4,9,11,18H,2,5-8,10,16H2,1H3. The van der Waals surface area contributed by atoms with Gasteiger partial charge in [0.15, 0.2) is 0 Å². The molecule has 0 aliphatic carbocycles. The van der Waals surface area contributed by atoms with Crippen LogP contribution >= 0.6 is 0 Å². The molecule has 1 atom stereocenters. The number of nitrogens with two attached hydrogens (primary N) is 1. The van der Waals surface area contributed by atoms with Gasteiger partial charge in [-0.3, -0.25) is 0 Å². The van der Waals surface area contributed by atoms with Gasteiger partial charge >= 0.3 is 5.97 Å². The highest BCUT2D eigenvalue weighted by atomic mass is 16.5. The second-order valence-corrected chi connectivity index (χ2v) is 5.11. The second-order valence-electron chi connectivity index (χ2n) is 5.11. The first-order valence-electron chi connectivity index (χ1n) is 7.08. The summed E-state index contributed by atoms with van der Waals surface area (Å²) in [4.78, 5) is 14.0. The van der Waals surface area contributed by atoms with E-state index in [1.54, 1.807) is 25.1 Å². The number of carbonyl (C=O) groups excluding carboxylic acids is 1. The summed E-state index contributed by atoms with van der Waals surface area (Å²) in [6, 6.07) is 5.24. The maximum Gasteiger partial charge on any atom is 0.338 e. The van der Waals surface area contributed by atoms with Crippen LogP contribution in [-0.2, 0) is 4.74 Å². The van der Waals surface area contributed by atoms with Crippen molar-refractivity contribution in [2.75, 3.05) is 36.9 Å². The molecule has 20 heavy (non-hydrogen) atoms. The minimum atomic E-state index is -0.320. The molecule has 0 bridgehead atoms. The van der Waals surface area contributed by atoms with Gasteiger partial charge in [-0.25, -0.2) is 4.79 Å². The number of nitrogens with zero attached hydrogens (tertiary/aromatic N) is 1. The van der Waals surface area contributed by atoms with Crippen LogP contribution in [0.15, 0.2) is 18.2 Å². The summed E-state index contributed by atoms with van der Waals surface area (Å²) < 4.78 is 5.01. The zero-order valence-corrected chi connectivity index (χ0v) is 11.8. The summed E-state index contributed by atoms with van der Waals surface area (Å²) in [5.74, 6) is 0.172. The molecule has 2 rings (SSSR count). The van der Waals surface area contributed by atoms with E-state index in [4.69, 9.17) is 15.6 Å². The van der Waals surface area contributed by atoms with E-state index in [0.29, 0.717) is 23.8 Å². The molecule has 1 aliphatic heterocycles. The first-order valence-corrected chi connectivity index (χ1v) is 7.08. The third-order valence-corrected chi connectivity index (χ3v) is 3.71. The van der Waals surface area contributed by atoms with Crippen molar-refractivity contribution in [1.29, 1.82) is 0 Å². The minimum absolute atomic E-state index is 0.219. The van der Waals surface area contributed by atoms with E-state index in [9.17, 15) is 4.79 Å². The van der Waals surface area contributed by atoms with Gasteiger partial charge in [0.1, 0.15) is 0 Å². The topological polar surface area (TPSA) is 75.8 Å². The number of aliphatic hydroxyl groups is 1. The number of ether oxygens (including phenoxy) is 1. The van der Waals surface area contributed by atoms with Crippen LogP contribution in [0, 0.1) is 5.92 Å². The molecule has 5 nitrogen and oxygen atoms in total. The van der Waals surface area contributed by atoms with E-state index in [-0.39, 0.29) is 12.6 Å². The molecule has 0 amide bonds. The van der Waals surface area contributed by atoms with Crippen molar-refractivity contribution in [3.05, 3.63) is 23.8 Å². The molecule has 110 valence electrons. The highest BCUT2D eigenvalue weighted by Gasteiger charge is 2.24. The molecular weight excluding hydrogens is 256 g/mol. The molecule has 1 aromatic rings. The SMILES string of the molecule is CCOC(=O)c1ccc(N)c(N2CCC(CCO)C2)c1. The molecule has 3 N–H and O–H groups in total. The Morgan fingerprint density at radius 3 is 3.05 bits per heavy atom. The average molecular weight is 278 g/mol. The Labute approximate surface area is 119 Å². The molecule has 1 aromatic carbocycles. The van der Waals surface area contributed by atoms with Crippen molar-refractivity contribution in [3.63, 3.8) is 0 Å². The summed E-state index contributed by atoms with van der Waals surface area (Å²) >= 11 is 0. The van der Waals surface area contributed by atoms with Gasteiger partial charge in [0.25, 0.3) is 0 Å². The summed E-state index contributed by atoms with van der Waals surface area (Å²) in [5, 5.41) is 9.01. The Morgan fingerprint density at radius 2 is 2.35 bits per heavy atom. The molecule has 0 radical (unpaired) electrons. The van der Waals surface area contributed by atoms with E-state index >= 15 is 0 Å². The van der Waals surface area contributed by atoms with Crippen LogP contribution in [0.3, 0.4) is 0 Å². The third-order valence-electron chi connectivity index (χ3n) is 3.71. The molecule has 1 fully saturated rings. The summed E-state index contributed by atoms with van der Waals surface area (Å²) in [6.07, 6.45) is 1.86. The normalized spacial score (nSPS) is 18.3. The molecule has 0 aromatic heterocycles. The van der Waals surface area contributed by atoms with Crippen molar-refractivity contribution in [2.24, 2.45) is 5.92 Å². The van der Waals surface area contributed by atoms with Crippen molar-refractivity contribution >= 4 is 17.3 Å². The number of hydrogen-bond acceptors (Lipinski definition) is 5.